The van der Waals surface area contributed by atoms with E-state index in [-0.39, 0.29) is 4.90 Å². The minimum Gasteiger partial charge on any atom is -0.495 e. The molecule has 8 heteroatoms. The summed E-state index contributed by atoms with van der Waals surface area (Å²) < 4.78 is 44.2. The van der Waals surface area contributed by atoms with Crippen LogP contribution in [0.25, 0.3) is 0 Å². The average molecular weight is 449 g/mol. The van der Waals surface area contributed by atoms with E-state index in [0.717, 1.165) is 37.2 Å². The lowest BCUT2D eigenvalue weighted by molar-refractivity contribution is 0.313. The van der Waals surface area contributed by atoms with Gasteiger partial charge in [-0.25, -0.2) is 8.42 Å². The number of sulfonamides is 1. The van der Waals surface area contributed by atoms with E-state index in [9.17, 15) is 8.42 Å². The van der Waals surface area contributed by atoms with Crippen LogP contribution in [0, 0.1) is 0 Å². The molecule has 0 radical (unpaired) electrons. The topological polar surface area (TPSA) is 77.1 Å². The molecule has 2 aromatic carbocycles. The Hall–Kier alpha value is -2.45. The fourth-order valence-electron chi connectivity index (χ4n) is 3.45. The number of rotatable bonds is 11. The number of benzene rings is 2. The van der Waals surface area contributed by atoms with E-state index in [2.05, 4.69) is 12.2 Å². The van der Waals surface area contributed by atoms with Crippen LogP contribution in [0.5, 0.6) is 17.2 Å². The molecule has 2 aromatic rings. The van der Waals surface area contributed by atoms with Gasteiger partial charge in [0.05, 0.1) is 24.3 Å². The molecule has 1 saturated heterocycles. The van der Waals surface area contributed by atoms with Crippen LogP contribution in [-0.4, -0.2) is 52.7 Å². The van der Waals surface area contributed by atoms with E-state index < -0.39 is 10.0 Å². The van der Waals surface area contributed by atoms with Crippen molar-refractivity contribution in [3.63, 3.8) is 0 Å². The van der Waals surface area contributed by atoms with Gasteiger partial charge in [0, 0.05) is 19.6 Å². The fraction of sp³-hybridized carbons (Fsp3) is 0.478. The van der Waals surface area contributed by atoms with E-state index in [1.165, 1.54) is 0 Å². The summed E-state index contributed by atoms with van der Waals surface area (Å²) in [6.07, 6.45) is 3.86. The molecule has 0 saturated carbocycles. The molecule has 1 heterocycles. The van der Waals surface area contributed by atoms with Crippen molar-refractivity contribution in [1.82, 2.24) is 4.31 Å². The number of nitrogens with zero attached hydrogens (tertiary/aromatic N) is 1. The molecule has 1 aliphatic heterocycles. The first-order valence-electron chi connectivity index (χ1n) is 10.8. The summed E-state index contributed by atoms with van der Waals surface area (Å²) in [7, 11) is -1.93. The van der Waals surface area contributed by atoms with Crippen LogP contribution < -0.4 is 19.5 Å². The molecule has 3 rings (SSSR count). The Kier molecular flexibility index (Phi) is 8.43. The first-order valence-corrected chi connectivity index (χ1v) is 12.3. The summed E-state index contributed by atoms with van der Waals surface area (Å²) in [6, 6.07) is 12.5. The second kappa shape index (κ2) is 11.2. The highest BCUT2D eigenvalue weighted by atomic mass is 32.2. The molecule has 0 aromatic heterocycles. The lowest BCUT2D eigenvalue weighted by Crippen LogP contribution is -2.35. The first-order chi connectivity index (χ1) is 15.0. The van der Waals surface area contributed by atoms with Crippen molar-refractivity contribution in [2.75, 3.05) is 45.3 Å². The van der Waals surface area contributed by atoms with Crippen LogP contribution in [0.2, 0.25) is 0 Å². The number of ether oxygens (including phenoxy) is 3. The highest BCUT2D eigenvalue weighted by molar-refractivity contribution is 7.89. The van der Waals surface area contributed by atoms with Crippen LogP contribution in [0.3, 0.4) is 0 Å². The summed E-state index contributed by atoms with van der Waals surface area (Å²) >= 11 is 0. The van der Waals surface area contributed by atoms with Crippen molar-refractivity contribution in [3.05, 3.63) is 42.5 Å². The summed E-state index contributed by atoms with van der Waals surface area (Å²) in [4.78, 5) is 0.279. The third kappa shape index (κ3) is 6.27. The maximum atomic E-state index is 13.0. The number of nitrogens with one attached hydrogen (secondary N) is 1. The predicted octanol–water partition coefficient (Wildman–Crippen LogP) is 4.15. The van der Waals surface area contributed by atoms with E-state index in [1.807, 2.05) is 24.3 Å². The summed E-state index contributed by atoms with van der Waals surface area (Å²) in [5.74, 6) is 2.16. The molecule has 7 nitrogen and oxygen atoms in total. The second-order valence-corrected chi connectivity index (χ2v) is 9.36. The Balaban J connectivity index is 1.58. The molecule has 1 N–H and O–H groups in total. The molecule has 0 unspecified atom stereocenters. The minimum absolute atomic E-state index is 0.279. The van der Waals surface area contributed by atoms with Crippen LogP contribution in [-0.2, 0) is 10.0 Å². The monoisotopic (exact) mass is 448 g/mol. The Morgan fingerprint density at radius 2 is 1.58 bits per heavy atom. The van der Waals surface area contributed by atoms with Crippen molar-refractivity contribution < 1.29 is 22.6 Å². The van der Waals surface area contributed by atoms with Gasteiger partial charge >= 0.3 is 0 Å². The zero-order valence-electron chi connectivity index (χ0n) is 18.3. The molecule has 0 spiro atoms. The first kappa shape index (κ1) is 23.2. The quantitative estimate of drug-likeness (QED) is 0.521. The predicted molar refractivity (Wildman–Crippen MR) is 122 cm³/mol. The van der Waals surface area contributed by atoms with Crippen LogP contribution in [0.1, 0.15) is 32.6 Å². The Bertz CT molecular complexity index is 925. The van der Waals surface area contributed by atoms with Crippen LogP contribution in [0.4, 0.5) is 5.69 Å². The van der Waals surface area contributed by atoms with Gasteiger partial charge in [-0.15, -0.1) is 0 Å². The number of piperidine rings is 1. The number of anilines is 1. The minimum atomic E-state index is -3.50. The van der Waals surface area contributed by atoms with Gasteiger partial charge in [-0.2, -0.15) is 4.31 Å². The van der Waals surface area contributed by atoms with Crippen LogP contribution >= 0.6 is 0 Å². The van der Waals surface area contributed by atoms with Crippen molar-refractivity contribution >= 4 is 15.7 Å². The van der Waals surface area contributed by atoms with Gasteiger partial charge in [-0.1, -0.05) is 13.3 Å². The normalized spacial score (nSPS) is 14.8. The van der Waals surface area contributed by atoms with Gasteiger partial charge in [0.1, 0.15) is 23.9 Å². The second-order valence-electron chi connectivity index (χ2n) is 7.42. The van der Waals surface area contributed by atoms with Gasteiger partial charge in [-0.05, 0) is 61.7 Å². The van der Waals surface area contributed by atoms with E-state index >= 15 is 0 Å². The third-order valence-corrected chi connectivity index (χ3v) is 7.00. The zero-order chi connectivity index (χ0) is 22.1. The molecule has 0 amide bonds. The van der Waals surface area contributed by atoms with Crippen LogP contribution in [0.15, 0.2) is 47.4 Å². The third-order valence-electron chi connectivity index (χ3n) is 5.11. The van der Waals surface area contributed by atoms with Gasteiger partial charge in [0.25, 0.3) is 0 Å². The fourth-order valence-corrected chi connectivity index (χ4v) is 4.99. The molecule has 1 fully saturated rings. The molecular weight excluding hydrogens is 416 g/mol. The molecule has 1 aliphatic rings. The zero-order valence-corrected chi connectivity index (χ0v) is 19.1. The smallest absolute Gasteiger partial charge is 0.243 e. The van der Waals surface area contributed by atoms with E-state index in [4.69, 9.17) is 14.2 Å². The Morgan fingerprint density at radius 3 is 2.19 bits per heavy atom. The number of hydrogen-bond acceptors (Lipinski definition) is 6. The molecule has 170 valence electrons. The van der Waals surface area contributed by atoms with E-state index in [0.29, 0.717) is 44.3 Å². The molecule has 0 aliphatic carbocycles. The van der Waals surface area contributed by atoms with Gasteiger partial charge < -0.3 is 19.5 Å². The SMILES string of the molecule is CCCOc1ccc(OCCNc2cc(S(=O)(=O)N3CCCCC3)ccc2OC)cc1. The van der Waals surface area contributed by atoms with Crippen molar-refractivity contribution in [1.29, 1.82) is 0 Å². The van der Waals surface area contributed by atoms with Gasteiger partial charge in [0.2, 0.25) is 10.0 Å². The van der Waals surface area contributed by atoms with Gasteiger partial charge in [-0.3, -0.25) is 0 Å². The Labute approximate surface area is 185 Å². The van der Waals surface area contributed by atoms with Crippen molar-refractivity contribution in [2.24, 2.45) is 0 Å². The van der Waals surface area contributed by atoms with Crippen molar-refractivity contribution in [2.45, 2.75) is 37.5 Å². The molecule has 0 atom stereocenters. The maximum Gasteiger partial charge on any atom is 0.243 e. The highest BCUT2D eigenvalue weighted by Gasteiger charge is 2.26. The molecule has 0 bridgehead atoms. The lowest BCUT2D eigenvalue weighted by atomic mass is 10.2. The summed E-state index contributed by atoms with van der Waals surface area (Å²) in [6.45, 7) is 4.83. The highest BCUT2D eigenvalue weighted by Crippen LogP contribution is 2.30. The lowest BCUT2D eigenvalue weighted by Gasteiger charge is -2.26. The van der Waals surface area contributed by atoms with Crippen molar-refractivity contribution in [3.8, 4) is 17.2 Å². The largest absolute Gasteiger partial charge is 0.495 e. The Morgan fingerprint density at radius 1 is 0.935 bits per heavy atom. The number of methoxy groups -OCH3 is 1. The summed E-state index contributed by atoms with van der Waals surface area (Å²) in [5, 5.41) is 3.23. The maximum absolute atomic E-state index is 13.0. The van der Waals surface area contributed by atoms with E-state index in [1.54, 1.807) is 29.6 Å². The molecular formula is C23H32N2O5S. The number of hydrogen-bond donors (Lipinski definition) is 1. The van der Waals surface area contributed by atoms with Gasteiger partial charge in [0.15, 0.2) is 0 Å². The average Bonchev–Trinajstić information content (AvgIpc) is 2.81. The molecule has 31 heavy (non-hydrogen) atoms. The standard InChI is InChI=1S/C23H32N2O5S/c1-3-16-29-19-7-9-20(10-8-19)30-17-13-24-22-18-21(11-12-23(22)28-2)31(26,27)25-14-5-4-6-15-25/h7-12,18,24H,3-6,13-17H2,1-2H3. The summed E-state index contributed by atoms with van der Waals surface area (Å²) in [5.41, 5.74) is 0.632.